The summed E-state index contributed by atoms with van der Waals surface area (Å²) in [5.41, 5.74) is 0. The van der Waals surface area contributed by atoms with Crippen LogP contribution in [-0.2, 0) is 19.1 Å². The van der Waals surface area contributed by atoms with Crippen molar-refractivity contribution in [2.75, 3.05) is 7.11 Å². The standard InChI is InChI=1S/C5H6O4.C3H4O/c1-9-5(8)3-2-4(6)7;1-2-3-4/h2-3H,1H3,(H,6,7);2-3H,1H2/p-1/b3-2+;. The van der Waals surface area contributed by atoms with Crippen LogP contribution in [0.3, 0.4) is 0 Å². The Kier molecular flexibility index (Phi) is 10.6. The molecule has 0 aromatic carbocycles. The molecule has 0 fully saturated rings. The number of carboxylic acid groups (broad SMARTS) is 1. The van der Waals surface area contributed by atoms with Gasteiger partial charge in [-0.3, -0.25) is 4.79 Å². The Hall–Kier alpha value is -1.91. The first-order valence-corrected chi connectivity index (χ1v) is 3.11. The molecule has 0 aromatic rings. The van der Waals surface area contributed by atoms with E-state index < -0.39 is 11.9 Å². The van der Waals surface area contributed by atoms with E-state index in [1.54, 1.807) is 0 Å². The van der Waals surface area contributed by atoms with Gasteiger partial charge in [-0.25, -0.2) is 4.79 Å². The number of ether oxygens (including phenoxy) is 1. The second-order valence-corrected chi connectivity index (χ2v) is 1.55. The first kappa shape index (κ1) is 13.7. The summed E-state index contributed by atoms with van der Waals surface area (Å²) in [6.45, 7) is 3.11. The number of carbonyl (C=O) groups excluding carboxylic acids is 3. The topological polar surface area (TPSA) is 83.5 Å². The molecule has 5 heteroatoms. The number of carboxylic acids is 1. The molecular weight excluding hydrogens is 176 g/mol. The van der Waals surface area contributed by atoms with Crippen LogP contribution < -0.4 is 5.11 Å². The zero-order chi connectivity index (χ0) is 10.7. The lowest BCUT2D eigenvalue weighted by Gasteiger charge is -1.89. The number of hydrogen-bond acceptors (Lipinski definition) is 5. The molecule has 0 aliphatic rings. The van der Waals surface area contributed by atoms with Crippen molar-refractivity contribution in [1.82, 2.24) is 0 Å². The number of aldehydes is 1. The fraction of sp³-hybridized carbons (Fsp3) is 0.125. The molecule has 0 N–H and O–H groups in total. The summed E-state index contributed by atoms with van der Waals surface area (Å²) in [5.74, 6) is -2.13. The average molecular weight is 185 g/mol. The van der Waals surface area contributed by atoms with Crippen molar-refractivity contribution in [3.63, 3.8) is 0 Å². The van der Waals surface area contributed by atoms with Gasteiger partial charge in [0.05, 0.1) is 13.1 Å². The van der Waals surface area contributed by atoms with Crippen molar-refractivity contribution < 1.29 is 24.2 Å². The maximum atomic E-state index is 10.1. The number of rotatable bonds is 3. The first-order chi connectivity index (χ1) is 6.08. The normalized spacial score (nSPS) is 8.08. The molecule has 0 saturated carbocycles. The molecule has 0 aliphatic heterocycles. The van der Waals surface area contributed by atoms with E-state index in [0.29, 0.717) is 12.4 Å². The minimum absolute atomic E-state index is 0.603. The molecule has 0 atom stereocenters. The van der Waals surface area contributed by atoms with Crippen LogP contribution in [-0.4, -0.2) is 25.3 Å². The third-order valence-corrected chi connectivity index (χ3v) is 0.653. The Morgan fingerprint density at radius 3 is 2.08 bits per heavy atom. The van der Waals surface area contributed by atoms with Crippen molar-refractivity contribution in [3.05, 3.63) is 24.8 Å². The van der Waals surface area contributed by atoms with Crippen molar-refractivity contribution in [1.29, 1.82) is 0 Å². The highest BCUT2D eigenvalue weighted by atomic mass is 16.5. The van der Waals surface area contributed by atoms with Gasteiger partial charge in [-0.1, -0.05) is 6.58 Å². The number of carbonyl (C=O) groups is 3. The molecule has 5 nitrogen and oxygen atoms in total. The van der Waals surface area contributed by atoms with Crippen LogP contribution in [0, 0.1) is 0 Å². The van der Waals surface area contributed by atoms with Crippen molar-refractivity contribution >= 4 is 18.2 Å². The van der Waals surface area contributed by atoms with Gasteiger partial charge in [0.1, 0.15) is 6.29 Å². The molecule has 0 unspecified atom stereocenters. The second kappa shape index (κ2) is 10.1. The van der Waals surface area contributed by atoms with Gasteiger partial charge in [-0.15, -0.1) is 0 Å². The molecule has 0 radical (unpaired) electrons. The van der Waals surface area contributed by atoms with Gasteiger partial charge in [0, 0.05) is 6.08 Å². The Labute approximate surface area is 75.3 Å². The quantitative estimate of drug-likeness (QED) is 0.314. The molecule has 0 spiro atoms. The molecule has 0 rings (SSSR count). The smallest absolute Gasteiger partial charge is 0.330 e. The summed E-state index contributed by atoms with van der Waals surface area (Å²) in [7, 11) is 1.15. The molecule has 72 valence electrons. The third-order valence-electron chi connectivity index (χ3n) is 0.653. The van der Waals surface area contributed by atoms with E-state index >= 15 is 0 Å². The molecule has 0 aliphatic carbocycles. The van der Waals surface area contributed by atoms with Crippen LogP contribution in [0.4, 0.5) is 0 Å². The molecule has 0 heterocycles. The number of allylic oxidation sites excluding steroid dienone is 1. The summed E-state index contributed by atoms with van der Waals surface area (Å²) >= 11 is 0. The van der Waals surface area contributed by atoms with Crippen molar-refractivity contribution in [3.8, 4) is 0 Å². The average Bonchev–Trinajstić information content (AvgIpc) is 2.14. The van der Waals surface area contributed by atoms with Crippen LogP contribution in [0.15, 0.2) is 24.8 Å². The van der Waals surface area contributed by atoms with E-state index in [2.05, 4.69) is 11.3 Å². The third kappa shape index (κ3) is 17.8. The van der Waals surface area contributed by atoms with Crippen molar-refractivity contribution in [2.45, 2.75) is 0 Å². The van der Waals surface area contributed by atoms with Gasteiger partial charge in [-0.05, 0) is 12.2 Å². The Morgan fingerprint density at radius 1 is 1.38 bits per heavy atom. The van der Waals surface area contributed by atoms with E-state index in [1.807, 2.05) is 0 Å². The SMILES string of the molecule is C=CC=O.COC(=O)/C=C/C(=O)[O-]. The van der Waals surface area contributed by atoms with Crippen LogP contribution >= 0.6 is 0 Å². The van der Waals surface area contributed by atoms with Gasteiger partial charge >= 0.3 is 5.97 Å². The summed E-state index contributed by atoms with van der Waals surface area (Å²) in [5, 5.41) is 9.61. The maximum Gasteiger partial charge on any atom is 0.330 e. The Bertz CT molecular complexity index is 211. The predicted molar refractivity (Wildman–Crippen MR) is 42.4 cm³/mol. The van der Waals surface area contributed by atoms with E-state index in [9.17, 15) is 14.7 Å². The molecule has 13 heavy (non-hydrogen) atoms. The highest BCUT2D eigenvalue weighted by molar-refractivity contribution is 5.89. The lowest BCUT2D eigenvalue weighted by atomic mass is 10.5. The van der Waals surface area contributed by atoms with E-state index in [0.717, 1.165) is 13.2 Å². The summed E-state index contributed by atoms with van der Waals surface area (Å²) in [6, 6.07) is 0. The van der Waals surface area contributed by atoms with Crippen LogP contribution in [0.1, 0.15) is 0 Å². The molecule has 0 amide bonds. The first-order valence-electron chi connectivity index (χ1n) is 3.11. The molecule has 0 saturated heterocycles. The Morgan fingerprint density at radius 2 is 1.85 bits per heavy atom. The monoisotopic (exact) mass is 185 g/mol. The van der Waals surface area contributed by atoms with Gasteiger partial charge < -0.3 is 14.6 Å². The number of aliphatic carboxylic acids is 1. The highest BCUT2D eigenvalue weighted by Gasteiger charge is 1.87. The van der Waals surface area contributed by atoms with Crippen molar-refractivity contribution in [2.24, 2.45) is 0 Å². The van der Waals surface area contributed by atoms with Gasteiger partial charge in [0.25, 0.3) is 0 Å². The van der Waals surface area contributed by atoms with Gasteiger partial charge in [0.2, 0.25) is 0 Å². The van der Waals surface area contributed by atoms with Crippen LogP contribution in [0.25, 0.3) is 0 Å². The second-order valence-electron chi connectivity index (χ2n) is 1.55. The van der Waals surface area contributed by atoms with Crippen LogP contribution in [0.2, 0.25) is 0 Å². The minimum Gasteiger partial charge on any atom is -0.545 e. The van der Waals surface area contributed by atoms with Crippen LogP contribution in [0.5, 0.6) is 0 Å². The minimum atomic E-state index is -1.42. The fourth-order valence-corrected chi connectivity index (χ4v) is 0.204. The molecular formula is C8H9O5-. The van der Waals surface area contributed by atoms with E-state index in [4.69, 9.17) is 4.79 Å². The van der Waals surface area contributed by atoms with E-state index in [-0.39, 0.29) is 0 Å². The zero-order valence-corrected chi connectivity index (χ0v) is 7.06. The molecule has 0 aromatic heterocycles. The number of esters is 1. The molecule has 0 bridgehead atoms. The number of hydrogen-bond donors (Lipinski definition) is 0. The zero-order valence-electron chi connectivity index (χ0n) is 7.06. The summed E-state index contributed by atoms with van der Waals surface area (Å²) in [6.07, 6.45) is 3.21. The maximum absolute atomic E-state index is 10.1. The largest absolute Gasteiger partial charge is 0.545 e. The summed E-state index contributed by atoms with van der Waals surface area (Å²) < 4.78 is 4.08. The fourth-order valence-electron chi connectivity index (χ4n) is 0.204. The lowest BCUT2D eigenvalue weighted by Crippen LogP contribution is -2.19. The summed E-state index contributed by atoms with van der Waals surface area (Å²) in [4.78, 5) is 28.8. The number of methoxy groups -OCH3 is 1. The van der Waals surface area contributed by atoms with Gasteiger partial charge in [-0.2, -0.15) is 0 Å². The lowest BCUT2D eigenvalue weighted by molar-refractivity contribution is -0.297. The van der Waals surface area contributed by atoms with Gasteiger partial charge in [0.15, 0.2) is 0 Å². The van der Waals surface area contributed by atoms with E-state index in [1.165, 1.54) is 6.08 Å². The Balaban J connectivity index is 0. The highest BCUT2D eigenvalue weighted by Crippen LogP contribution is 1.74. The predicted octanol–water partition coefficient (Wildman–Crippen LogP) is -1.16.